The zero-order valence-electron chi connectivity index (χ0n) is 16.4. The molecule has 4 aliphatic heterocycles. The molecule has 6 atom stereocenters. The molecule has 9 nitrogen and oxygen atoms in total. The van der Waals surface area contributed by atoms with E-state index < -0.39 is 35.1 Å². The van der Waals surface area contributed by atoms with Crippen LogP contribution in [0.25, 0.3) is 0 Å². The first kappa shape index (κ1) is 18.2. The molecule has 156 valence electrons. The zero-order chi connectivity index (χ0) is 21.4. The fourth-order valence-corrected chi connectivity index (χ4v) is 5.30. The lowest BCUT2D eigenvalue weighted by Gasteiger charge is -2.26. The van der Waals surface area contributed by atoms with Crippen molar-refractivity contribution < 1.29 is 24.1 Å². The highest BCUT2D eigenvalue weighted by atomic mass is 16.7. The predicted octanol–water partition coefficient (Wildman–Crippen LogP) is 2.21. The maximum Gasteiger partial charge on any atom is 0.269 e. The van der Waals surface area contributed by atoms with Crippen LogP contribution in [-0.2, 0) is 19.2 Å². The molecule has 3 saturated heterocycles. The fourth-order valence-electron chi connectivity index (χ4n) is 5.30. The summed E-state index contributed by atoms with van der Waals surface area (Å²) in [6.45, 7) is 1.94. The summed E-state index contributed by atoms with van der Waals surface area (Å²) in [6.07, 6.45) is -1.53. The van der Waals surface area contributed by atoms with Crippen LogP contribution in [0.4, 0.5) is 11.4 Å². The first-order chi connectivity index (χ1) is 15.0. The average Bonchev–Trinajstić information content (AvgIpc) is 3.49. The second-order valence-electron chi connectivity index (χ2n) is 8.34. The Balaban J connectivity index is 1.32. The van der Waals surface area contributed by atoms with Gasteiger partial charge in [0, 0.05) is 17.7 Å². The SMILES string of the molecule is Cc1ccc(N2C(=O)[C@H]3[C@H]4O[C@@H]([C@H]5C(c6ccc([N+](=O)[O-])cc6)=NO[C@H]45)[C@@H]3C2=O)cc1. The van der Waals surface area contributed by atoms with Crippen LogP contribution in [0.1, 0.15) is 11.1 Å². The number of non-ortho nitro benzene ring substituents is 1. The fraction of sp³-hybridized carbons (Fsp3) is 0.318. The number of imide groups is 1. The van der Waals surface area contributed by atoms with E-state index in [-0.39, 0.29) is 23.4 Å². The molecule has 0 spiro atoms. The first-order valence-electron chi connectivity index (χ1n) is 10.0. The third-order valence-electron chi connectivity index (χ3n) is 6.71. The summed E-state index contributed by atoms with van der Waals surface area (Å²) >= 11 is 0. The van der Waals surface area contributed by atoms with E-state index in [0.717, 1.165) is 5.56 Å². The molecule has 2 amide bonds. The molecule has 0 unspecified atom stereocenters. The lowest BCUT2D eigenvalue weighted by atomic mass is 9.71. The number of ether oxygens (including phenoxy) is 1. The number of anilines is 1. The predicted molar refractivity (Wildman–Crippen MR) is 107 cm³/mol. The highest BCUT2D eigenvalue weighted by Crippen LogP contribution is 2.55. The van der Waals surface area contributed by atoms with Gasteiger partial charge in [-0.05, 0) is 31.2 Å². The van der Waals surface area contributed by atoms with Gasteiger partial charge in [0.25, 0.3) is 5.69 Å². The molecule has 0 saturated carbocycles. The number of rotatable bonds is 3. The van der Waals surface area contributed by atoms with Gasteiger partial charge in [-0.2, -0.15) is 0 Å². The van der Waals surface area contributed by atoms with Crippen molar-refractivity contribution in [1.82, 2.24) is 0 Å². The average molecular weight is 419 g/mol. The summed E-state index contributed by atoms with van der Waals surface area (Å²) in [7, 11) is 0. The molecule has 3 fully saturated rings. The van der Waals surface area contributed by atoms with Gasteiger partial charge in [-0.15, -0.1) is 0 Å². The number of fused-ring (bicyclic) bond motifs is 8. The number of nitro benzene ring substituents is 1. The largest absolute Gasteiger partial charge is 0.389 e. The van der Waals surface area contributed by atoms with E-state index in [1.807, 2.05) is 19.1 Å². The molecule has 2 bridgehead atoms. The maximum absolute atomic E-state index is 13.3. The minimum atomic E-state index is -0.593. The smallest absolute Gasteiger partial charge is 0.269 e. The van der Waals surface area contributed by atoms with E-state index in [2.05, 4.69) is 5.16 Å². The number of amides is 2. The lowest BCUT2D eigenvalue weighted by Crippen LogP contribution is -2.45. The molecular weight excluding hydrogens is 402 g/mol. The molecule has 0 aromatic heterocycles. The van der Waals surface area contributed by atoms with Crippen molar-refractivity contribution in [1.29, 1.82) is 0 Å². The Morgan fingerprint density at radius 2 is 1.55 bits per heavy atom. The van der Waals surface area contributed by atoms with Crippen molar-refractivity contribution in [3.8, 4) is 0 Å². The van der Waals surface area contributed by atoms with Crippen LogP contribution in [-0.4, -0.2) is 40.8 Å². The Bertz CT molecular complexity index is 1160. The number of nitro groups is 1. The number of hydrogen-bond acceptors (Lipinski definition) is 7. The van der Waals surface area contributed by atoms with E-state index in [1.54, 1.807) is 24.3 Å². The number of oxime groups is 1. The van der Waals surface area contributed by atoms with Crippen molar-refractivity contribution in [3.05, 3.63) is 69.8 Å². The van der Waals surface area contributed by atoms with Crippen LogP contribution in [0.3, 0.4) is 0 Å². The Labute approximate surface area is 176 Å². The maximum atomic E-state index is 13.3. The molecule has 6 rings (SSSR count). The minimum absolute atomic E-state index is 0.0191. The number of benzene rings is 2. The van der Waals surface area contributed by atoms with Crippen molar-refractivity contribution in [2.24, 2.45) is 22.9 Å². The Morgan fingerprint density at radius 1 is 0.903 bits per heavy atom. The quantitative estimate of drug-likeness (QED) is 0.428. The van der Waals surface area contributed by atoms with Gasteiger partial charge in [0.1, 0.15) is 6.10 Å². The molecule has 31 heavy (non-hydrogen) atoms. The zero-order valence-corrected chi connectivity index (χ0v) is 16.4. The van der Waals surface area contributed by atoms with Crippen LogP contribution in [0.15, 0.2) is 53.7 Å². The molecule has 0 N–H and O–H groups in total. The number of carbonyl (C=O) groups is 2. The van der Waals surface area contributed by atoms with Gasteiger partial charge in [0.15, 0.2) is 6.10 Å². The van der Waals surface area contributed by atoms with Crippen LogP contribution >= 0.6 is 0 Å². The molecule has 2 aromatic rings. The van der Waals surface area contributed by atoms with Gasteiger partial charge in [-0.25, -0.2) is 4.90 Å². The van der Waals surface area contributed by atoms with E-state index in [0.29, 0.717) is 17.0 Å². The molecule has 4 heterocycles. The number of aryl methyl sites for hydroxylation is 1. The first-order valence-corrected chi connectivity index (χ1v) is 10.0. The standard InChI is InChI=1S/C22H17N3O6/c1-10-2-6-12(7-3-10)24-21(26)14-15(22(24)27)19-20-16(18(14)30-19)17(23-31-20)11-4-8-13(9-5-11)25(28)29/h2-9,14-16,18-20H,1H3/t14-,15-,16-,18-,19-,20+/m1/s1. The van der Waals surface area contributed by atoms with Crippen molar-refractivity contribution in [3.63, 3.8) is 0 Å². The van der Waals surface area contributed by atoms with Gasteiger partial charge in [-0.1, -0.05) is 22.9 Å². The van der Waals surface area contributed by atoms with Gasteiger partial charge in [-0.3, -0.25) is 19.7 Å². The van der Waals surface area contributed by atoms with E-state index in [1.165, 1.54) is 17.0 Å². The molecule has 2 aromatic carbocycles. The summed E-state index contributed by atoms with van der Waals surface area (Å²) in [5, 5.41) is 15.1. The lowest BCUT2D eigenvalue weighted by molar-refractivity contribution is -0.384. The molecule has 9 heteroatoms. The minimum Gasteiger partial charge on any atom is -0.389 e. The normalized spacial score (nSPS) is 32.7. The number of nitrogens with zero attached hydrogens (tertiary/aromatic N) is 3. The number of hydrogen-bond donors (Lipinski definition) is 0. The third-order valence-corrected chi connectivity index (χ3v) is 6.71. The number of carbonyl (C=O) groups excluding carboxylic acids is 2. The highest BCUT2D eigenvalue weighted by Gasteiger charge is 2.72. The van der Waals surface area contributed by atoms with E-state index in [4.69, 9.17) is 9.57 Å². The van der Waals surface area contributed by atoms with Gasteiger partial charge in [0.05, 0.1) is 40.2 Å². The van der Waals surface area contributed by atoms with Crippen LogP contribution < -0.4 is 4.90 Å². The van der Waals surface area contributed by atoms with Crippen molar-refractivity contribution in [2.75, 3.05) is 4.90 Å². The van der Waals surface area contributed by atoms with Gasteiger partial charge < -0.3 is 9.57 Å². The molecule has 0 radical (unpaired) electrons. The molecular formula is C22H17N3O6. The van der Waals surface area contributed by atoms with E-state index in [9.17, 15) is 19.7 Å². The van der Waals surface area contributed by atoms with Crippen LogP contribution in [0, 0.1) is 34.8 Å². The van der Waals surface area contributed by atoms with Crippen molar-refractivity contribution >= 4 is 28.9 Å². The van der Waals surface area contributed by atoms with E-state index >= 15 is 0 Å². The summed E-state index contributed by atoms with van der Waals surface area (Å²) < 4.78 is 6.08. The van der Waals surface area contributed by atoms with Gasteiger partial charge >= 0.3 is 0 Å². The van der Waals surface area contributed by atoms with Gasteiger partial charge in [0.2, 0.25) is 11.8 Å². The summed E-state index contributed by atoms with van der Waals surface area (Å²) in [5.41, 5.74) is 2.86. The third kappa shape index (κ3) is 2.37. The molecule has 0 aliphatic carbocycles. The molecule has 4 aliphatic rings. The summed E-state index contributed by atoms with van der Waals surface area (Å²) in [5.74, 6) is -2.02. The topological polar surface area (TPSA) is 111 Å². The van der Waals surface area contributed by atoms with Crippen LogP contribution in [0.2, 0.25) is 0 Å². The highest BCUT2D eigenvalue weighted by molar-refractivity contribution is 6.23. The second kappa shape index (κ2) is 6.21. The second-order valence-corrected chi connectivity index (χ2v) is 8.34. The Morgan fingerprint density at radius 3 is 2.19 bits per heavy atom. The summed E-state index contributed by atoms with van der Waals surface area (Å²) in [4.78, 5) is 43.9. The Kier molecular flexibility index (Phi) is 3.64. The van der Waals surface area contributed by atoms with Crippen molar-refractivity contribution in [2.45, 2.75) is 25.2 Å². The summed E-state index contributed by atoms with van der Waals surface area (Å²) in [6, 6.07) is 13.3. The monoisotopic (exact) mass is 419 g/mol. The van der Waals surface area contributed by atoms with Crippen LogP contribution in [0.5, 0.6) is 0 Å². The Hall–Kier alpha value is -3.59.